The molecule has 0 aliphatic rings. The fourth-order valence-electron chi connectivity index (χ4n) is 13.7. The number of fused-ring (bicyclic) bond motifs is 18. The molecular weight excluding hydrogens is 1080 g/mol. The summed E-state index contributed by atoms with van der Waals surface area (Å²) in [5.41, 5.74) is 13.1. The minimum Gasteiger partial charge on any atom is -0.309 e. The minimum absolute atomic E-state index is 0.608. The summed E-state index contributed by atoms with van der Waals surface area (Å²) in [5, 5.41) is 14.5. The summed E-state index contributed by atoms with van der Waals surface area (Å²) in [5.74, 6) is 1.82. The minimum atomic E-state index is 0.608. The van der Waals surface area contributed by atoms with Crippen molar-refractivity contribution in [2.45, 2.75) is 0 Å². The fraction of sp³-hybridized carbons (Fsp3) is 0. The quantitative estimate of drug-likeness (QED) is 0.167. The maximum absolute atomic E-state index is 5.51. The van der Waals surface area contributed by atoms with Gasteiger partial charge in [-0.1, -0.05) is 127 Å². The van der Waals surface area contributed by atoms with E-state index in [2.05, 4.69) is 268 Å². The highest BCUT2D eigenvalue weighted by atomic mass is 32.1. The molecule has 7 heterocycles. The Morgan fingerprint density at radius 3 is 0.798 bits per heavy atom. The number of hydrogen-bond donors (Lipinski definition) is 0. The van der Waals surface area contributed by atoms with Gasteiger partial charge in [0.1, 0.15) is 0 Å². The zero-order valence-electron chi connectivity index (χ0n) is 44.7. The van der Waals surface area contributed by atoms with Crippen LogP contribution in [0.1, 0.15) is 0 Å². The maximum Gasteiger partial charge on any atom is 0.164 e. The van der Waals surface area contributed by atoms with E-state index in [1.54, 1.807) is 0 Å². The Morgan fingerprint density at radius 1 is 0.214 bits per heavy atom. The molecule has 0 spiro atoms. The SMILES string of the molecule is c1ccc2c(c1)sc1cccc(-n3c4ccccc4c4cc(-c5nc(-c6ccc7c(c6)c6ccccc6n7-c6cccc7sc8ccccc8c67)nc(-c6ccc7c(c6)c6ccccc6n7-c6cccc7sc8ccccc8c67)n5)ccc43)c12. The molecule has 0 amide bonds. The molecule has 390 valence electrons. The third kappa shape index (κ3) is 6.62. The molecular formula is C75H42N6S3. The van der Waals surface area contributed by atoms with Crippen molar-refractivity contribution in [2.75, 3.05) is 0 Å². The number of rotatable bonds is 6. The largest absolute Gasteiger partial charge is 0.309 e. The van der Waals surface area contributed by atoms with E-state index in [1.165, 1.54) is 93.7 Å². The lowest BCUT2D eigenvalue weighted by atomic mass is 10.1. The molecule has 9 heteroatoms. The summed E-state index contributed by atoms with van der Waals surface area (Å²) in [6.07, 6.45) is 0. The molecule has 84 heavy (non-hydrogen) atoms. The lowest BCUT2D eigenvalue weighted by Crippen LogP contribution is -2.01. The van der Waals surface area contributed by atoms with E-state index in [0.717, 1.165) is 65.9 Å². The molecule has 0 atom stereocenters. The highest BCUT2D eigenvalue weighted by Gasteiger charge is 2.23. The van der Waals surface area contributed by atoms with Gasteiger partial charge in [0.15, 0.2) is 17.5 Å². The molecule has 0 aliphatic carbocycles. The van der Waals surface area contributed by atoms with Crippen molar-refractivity contribution in [1.82, 2.24) is 28.7 Å². The first-order valence-corrected chi connectivity index (χ1v) is 30.7. The molecule has 0 fully saturated rings. The van der Waals surface area contributed by atoms with Gasteiger partial charge in [-0.2, -0.15) is 0 Å². The van der Waals surface area contributed by atoms with Crippen LogP contribution in [0.3, 0.4) is 0 Å². The highest BCUT2D eigenvalue weighted by molar-refractivity contribution is 7.26. The monoisotopic (exact) mass is 1120 g/mol. The van der Waals surface area contributed by atoms with Gasteiger partial charge in [0.2, 0.25) is 0 Å². The average Bonchev–Trinajstić information content (AvgIpc) is 2.44. The molecule has 0 bridgehead atoms. The Hall–Kier alpha value is -10.3. The van der Waals surface area contributed by atoms with Gasteiger partial charge in [0.25, 0.3) is 0 Å². The molecule has 7 aromatic heterocycles. The lowest BCUT2D eigenvalue weighted by molar-refractivity contribution is 1.08. The summed E-state index contributed by atoms with van der Waals surface area (Å²) >= 11 is 5.55. The Labute approximate surface area is 491 Å². The van der Waals surface area contributed by atoms with Gasteiger partial charge in [-0.3, -0.25) is 0 Å². The summed E-state index contributed by atoms with van der Waals surface area (Å²) in [7, 11) is 0. The molecule has 0 saturated carbocycles. The molecule has 0 radical (unpaired) electrons. The second kappa shape index (κ2) is 17.6. The van der Waals surface area contributed by atoms with Crippen molar-refractivity contribution in [2.24, 2.45) is 0 Å². The number of hydrogen-bond acceptors (Lipinski definition) is 6. The number of nitrogens with zero attached hydrogens (tertiary/aromatic N) is 6. The van der Waals surface area contributed by atoms with Crippen LogP contribution in [0.15, 0.2) is 255 Å². The number of thiophene rings is 3. The summed E-state index contributed by atoms with van der Waals surface area (Å²) < 4.78 is 15.0. The highest BCUT2D eigenvalue weighted by Crippen LogP contribution is 2.46. The van der Waals surface area contributed by atoms with Crippen LogP contribution in [-0.2, 0) is 0 Å². The molecule has 0 aliphatic heterocycles. The first kappa shape index (κ1) is 46.3. The Kier molecular flexibility index (Phi) is 9.71. The van der Waals surface area contributed by atoms with E-state index in [4.69, 9.17) is 15.0 Å². The number of aromatic nitrogens is 6. The molecule has 19 aromatic rings. The van der Waals surface area contributed by atoms with Crippen LogP contribution < -0.4 is 0 Å². The Bertz CT molecular complexity index is 5430. The summed E-state index contributed by atoms with van der Waals surface area (Å²) in [6, 6.07) is 93.0. The van der Waals surface area contributed by atoms with Crippen molar-refractivity contribution in [3.05, 3.63) is 255 Å². The van der Waals surface area contributed by atoms with Gasteiger partial charge in [0.05, 0.1) is 50.2 Å². The van der Waals surface area contributed by atoms with E-state index in [-0.39, 0.29) is 0 Å². The second-order valence-electron chi connectivity index (χ2n) is 21.8. The molecule has 19 rings (SSSR count). The fourth-order valence-corrected chi connectivity index (χ4v) is 17.1. The molecule has 0 unspecified atom stereocenters. The molecule has 0 saturated heterocycles. The molecule has 12 aromatic carbocycles. The van der Waals surface area contributed by atoms with E-state index < -0.39 is 0 Å². The van der Waals surface area contributed by atoms with E-state index >= 15 is 0 Å². The van der Waals surface area contributed by atoms with Crippen molar-refractivity contribution in [3.8, 4) is 51.2 Å². The Morgan fingerprint density at radius 2 is 0.476 bits per heavy atom. The second-order valence-corrected chi connectivity index (χ2v) is 25.1. The molecule has 0 N–H and O–H groups in total. The van der Waals surface area contributed by atoms with Crippen molar-refractivity contribution >= 4 is 160 Å². The van der Waals surface area contributed by atoms with Crippen LogP contribution in [-0.4, -0.2) is 28.7 Å². The Balaban J connectivity index is 0.834. The van der Waals surface area contributed by atoms with Crippen molar-refractivity contribution in [3.63, 3.8) is 0 Å². The molecule has 6 nitrogen and oxygen atoms in total. The number of benzene rings is 12. The standard InChI is InChI=1S/C75H42N6S3/c1-7-22-55-46(16-1)52-40-43(34-37-58(52)79(55)61-25-13-31-67-70(61)49-19-4-10-28-64(49)82-67)73-76-74(44-35-38-59-53(41-44)47-17-2-8-23-56(47)80(59)62-26-14-32-68-71(62)50-20-5-11-29-65(50)83-68)78-75(77-73)45-36-39-60-54(42-45)48-18-3-9-24-57(48)81(60)63-27-15-33-69-72(63)51-21-6-12-30-66(51)84-69/h1-42H. The van der Waals surface area contributed by atoms with Crippen molar-refractivity contribution < 1.29 is 0 Å². The average molecular weight is 1120 g/mol. The van der Waals surface area contributed by atoms with Gasteiger partial charge < -0.3 is 13.7 Å². The maximum atomic E-state index is 5.51. The zero-order chi connectivity index (χ0) is 54.7. The predicted molar refractivity (Wildman–Crippen MR) is 358 cm³/mol. The third-order valence-corrected chi connectivity index (χ3v) is 20.7. The first-order chi connectivity index (χ1) is 41.6. The van der Waals surface area contributed by atoms with Gasteiger partial charge in [-0.25, -0.2) is 15.0 Å². The zero-order valence-corrected chi connectivity index (χ0v) is 47.1. The lowest BCUT2D eigenvalue weighted by Gasteiger charge is -2.12. The van der Waals surface area contributed by atoms with E-state index in [9.17, 15) is 0 Å². The first-order valence-electron chi connectivity index (χ1n) is 28.2. The predicted octanol–water partition coefficient (Wildman–Crippen LogP) is 21.3. The van der Waals surface area contributed by atoms with Crippen molar-refractivity contribution in [1.29, 1.82) is 0 Å². The number of para-hydroxylation sites is 3. The van der Waals surface area contributed by atoms with Crippen LogP contribution in [0.5, 0.6) is 0 Å². The summed E-state index contributed by atoms with van der Waals surface area (Å²) in [4.78, 5) is 16.5. The normalized spacial score (nSPS) is 12.3. The van der Waals surface area contributed by atoms with Crippen LogP contribution in [0.2, 0.25) is 0 Å². The van der Waals surface area contributed by atoms with E-state index in [1.807, 2.05) is 34.0 Å². The summed E-state index contributed by atoms with van der Waals surface area (Å²) in [6.45, 7) is 0. The van der Waals surface area contributed by atoms with Gasteiger partial charge >= 0.3 is 0 Å². The smallest absolute Gasteiger partial charge is 0.164 e. The topological polar surface area (TPSA) is 53.5 Å². The van der Waals surface area contributed by atoms with Crippen LogP contribution >= 0.6 is 34.0 Å². The van der Waals surface area contributed by atoms with Gasteiger partial charge in [-0.15, -0.1) is 34.0 Å². The van der Waals surface area contributed by atoms with Gasteiger partial charge in [-0.05, 0) is 127 Å². The van der Waals surface area contributed by atoms with Gasteiger partial charge in [0, 0.05) is 110 Å². The van der Waals surface area contributed by atoms with Crippen LogP contribution in [0.4, 0.5) is 0 Å². The van der Waals surface area contributed by atoms with Crippen LogP contribution in [0.25, 0.3) is 177 Å². The third-order valence-electron chi connectivity index (χ3n) is 17.3. The van der Waals surface area contributed by atoms with E-state index in [0.29, 0.717) is 17.5 Å². The van der Waals surface area contributed by atoms with Crippen LogP contribution in [0, 0.1) is 0 Å².